The van der Waals surface area contributed by atoms with Crippen LogP contribution in [0.5, 0.6) is 0 Å². The van der Waals surface area contributed by atoms with Gasteiger partial charge in [0.25, 0.3) is 0 Å². The Labute approximate surface area is 123 Å². The first-order valence-corrected chi connectivity index (χ1v) is 6.74. The molecule has 0 bridgehead atoms. The SMILES string of the molecule is Cc1ccc(-c2nc(NN)cc(-c3ccccc3)n2)cc1. The normalized spacial score (nSPS) is 10.4. The number of rotatable bonds is 3. The van der Waals surface area contributed by atoms with Crippen molar-refractivity contribution in [2.45, 2.75) is 6.92 Å². The summed E-state index contributed by atoms with van der Waals surface area (Å²) in [7, 11) is 0. The summed E-state index contributed by atoms with van der Waals surface area (Å²) >= 11 is 0. The second kappa shape index (κ2) is 5.73. The minimum absolute atomic E-state index is 0.597. The Balaban J connectivity index is 2.11. The van der Waals surface area contributed by atoms with Crippen LogP contribution in [0.2, 0.25) is 0 Å². The molecule has 0 spiro atoms. The van der Waals surface area contributed by atoms with Gasteiger partial charge in [-0.1, -0.05) is 60.2 Å². The summed E-state index contributed by atoms with van der Waals surface area (Å²) in [4.78, 5) is 9.07. The minimum atomic E-state index is 0.597. The van der Waals surface area contributed by atoms with E-state index in [1.54, 1.807) is 0 Å². The van der Waals surface area contributed by atoms with E-state index in [0.29, 0.717) is 11.6 Å². The van der Waals surface area contributed by atoms with E-state index in [4.69, 9.17) is 5.84 Å². The third-order valence-corrected chi connectivity index (χ3v) is 3.25. The summed E-state index contributed by atoms with van der Waals surface area (Å²) in [6.07, 6.45) is 0. The van der Waals surface area contributed by atoms with E-state index in [2.05, 4.69) is 22.3 Å². The van der Waals surface area contributed by atoms with Crippen molar-refractivity contribution in [1.29, 1.82) is 0 Å². The number of hydrazine groups is 1. The molecule has 2 aromatic carbocycles. The molecule has 1 heterocycles. The average molecular weight is 276 g/mol. The molecule has 0 radical (unpaired) electrons. The molecule has 0 fully saturated rings. The van der Waals surface area contributed by atoms with Crippen LogP contribution in [-0.4, -0.2) is 9.97 Å². The molecule has 0 saturated heterocycles. The third-order valence-electron chi connectivity index (χ3n) is 3.25. The van der Waals surface area contributed by atoms with Crippen molar-refractivity contribution >= 4 is 5.82 Å². The lowest BCUT2D eigenvalue weighted by atomic mass is 10.1. The lowest BCUT2D eigenvalue weighted by molar-refractivity contribution is 1.15. The molecule has 3 aromatic rings. The zero-order valence-electron chi connectivity index (χ0n) is 11.7. The molecule has 0 saturated carbocycles. The molecule has 1 aromatic heterocycles. The minimum Gasteiger partial charge on any atom is -0.308 e. The number of hydrogen-bond donors (Lipinski definition) is 2. The average Bonchev–Trinajstić information content (AvgIpc) is 2.56. The van der Waals surface area contributed by atoms with Crippen molar-refractivity contribution in [3.8, 4) is 22.6 Å². The smallest absolute Gasteiger partial charge is 0.162 e. The molecule has 0 aliphatic rings. The molecule has 0 unspecified atom stereocenters. The summed E-state index contributed by atoms with van der Waals surface area (Å²) in [5, 5.41) is 0. The van der Waals surface area contributed by atoms with Gasteiger partial charge in [0.2, 0.25) is 0 Å². The van der Waals surface area contributed by atoms with Crippen LogP contribution in [0.4, 0.5) is 5.82 Å². The number of nitrogens with one attached hydrogen (secondary N) is 1. The number of anilines is 1. The fraction of sp³-hybridized carbons (Fsp3) is 0.0588. The van der Waals surface area contributed by atoms with Crippen LogP contribution in [0, 0.1) is 6.92 Å². The number of nitrogens with zero attached hydrogens (tertiary/aromatic N) is 2. The van der Waals surface area contributed by atoms with Gasteiger partial charge in [0.15, 0.2) is 5.82 Å². The Morgan fingerprint density at radius 1 is 0.857 bits per heavy atom. The number of hydrogen-bond acceptors (Lipinski definition) is 4. The van der Waals surface area contributed by atoms with Gasteiger partial charge in [-0.2, -0.15) is 0 Å². The zero-order valence-corrected chi connectivity index (χ0v) is 11.7. The quantitative estimate of drug-likeness (QED) is 0.568. The van der Waals surface area contributed by atoms with Gasteiger partial charge in [0.05, 0.1) is 5.69 Å². The first-order valence-electron chi connectivity index (χ1n) is 6.74. The molecule has 21 heavy (non-hydrogen) atoms. The van der Waals surface area contributed by atoms with Crippen molar-refractivity contribution < 1.29 is 0 Å². The number of benzene rings is 2. The highest BCUT2D eigenvalue weighted by Gasteiger charge is 2.08. The second-order valence-electron chi connectivity index (χ2n) is 4.84. The number of aromatic nitrogens is 2. The summed E-state index contributed by atoms with van der Waals surface area (Å²) in [6.45, 7) is 2.05. The number of nitrogen functional groups attached to an aromatic ring is 1. The predicted molar refractivity (Wildman–Crippen MR) is 85.5 cm³/mol. The van der Waals surface area contributed by atoms with Crippen molar-refractivity contribution in [1.82, 2.24) is 9.97 Å². The lowest BCUT2D eigenvalue weighted by Gasteiger charge is -2.08. The fourth-order valence-electron chi connectivity index (χ4n) is 2.11. The predicted octanol–water partition coefficient (Wildman–Crippen LogP) is 3.40. The van der Waals surface area contributed by atoms with Crippen molar-refractivity contribution in [2.75, 3.05) is 5.43 Å². The van der Waals surface area contributed by atoms with E-state index in [9.17, 15) is 0 Å². The van der Waals surface area contributed by atoms with Crippen LogP contribution in [0.1, 0.15) is 5.56 Å². The summed E-state index contributed by atoms with van der Waals surface area (Å²) in [5.74, 6) is 6.78. The monoisotopic (exact) mass is 276 g/mol. The van der Waals surface area contributed by atoms with E-state index in [-0.39, 0.29) is 0 Å². The number of nitrogens with two attached hydrogens (primary N) is 1. The van der Waals surface area contributed by atoms with E-state index in [0.717, 1.165) is 16.8 Å². The molecule has 4 nitrogen and oxygen atoms in total. The highest BCUT2D eigenvalue weighted by molar-refractivity contribution is 5.67. The molecule has 3 rings (SSSR count). The highest BCUT2D eigenvalue weighted by Crippen LogP contribution is 2.24. The maximum atomic E-state index is 5.53. The number of aryl methyl sites for hydroxylation is 1. The molecule has 4 heteroatoms. The van der Waals surface area contributed by atoms with Gasteiger partial charge in [-0.15, -0.1) is 0 Å². The highest BCUT2D eigenvalue weighted by atomic mass is 15.3. The van der Waals surface area contributed by atoms with Gasteiger partial charge in [-0.25, -0.2) is 15.8 Å². The van der Waals surface area contributed by atoms with Crippen LogP contribution in [0.25, 0.3) is 22.6 Å². The molecule has 0 amide bonds. The molecule has 0 atom stereocenters. The van der Waals surface area contributed by atoms with Gasteiger partial charge >= 0.3 is 0 Å². The third kappa shape index (κ3) is 2.90. The Hall–Kier alpha value is -2.72. The zero-order chi connectivity index (χ0) is 14.7. The molecule has 0 aliphatic heterocycles. The van der Waals surface area contributed by atoms with Gasteiger partial charge in [-0.05, 0) is 6.92 Å². The van der Waals surface area contributed by atoms with Crippen LogP contribution in [-0.2, 0) is 0 Å². The molecule has 104 valence electrons. The Kier molecular flexibility index (Phi) is 3.62. The van der Waals surface area contributed by atoms with Crippen molar-refractivity contribution in [3.63, 3.8) is 0 Å². The summed E-state index contributed by atoms with van der Waals surface area (Å²) in [6, 6.07) is 19.9. The second-order valence-corrected chi connectivity index (χ2v) is 4.84. The summed E-state index contributed by atoms with van der Waals surface area (Å²) < 4.78 is 0. The van der Waals surface area contributed by atoms with E-state index < -0.39 is 0 Å². The van der Waals surface area contributed by atoms with Crippen molar-refractivity contribution in [3.05, 3.63) is 66.2 Å². The molecule has 0 aliphatic carbocycles. The van der Waals surface area contributed by atoms with Crippen LogP contribution >= 0.6 is 0 Å². The Bertz CT molecular complexity index is 736. The lowest BCUT2D eigenvalue weighted by Crippen LogP contribution is -2.09. The Morgan fingerprint density at radius 3 is 2.24 bits per heavy atom. The fourth-order valence-corrected chi connectivity index (χ4v) is 2.11. The van der Waals surface area contributed by atoms with Crippen LogP contribution < -0.4 is 11.3 Å². The molecular weight excluding hydrogens is 260 g/mol. The van der Waals surface area contributed by atoms with Crippen LogP contribution in [0.3, 0.4) is 0 Å². The topological polar surface area (TPSA) is 63.8 Å². The molecule has 3 N–H and O–H groups in total. The van der Waals surface area contributed by atoms with E-state index in [1.165, 1.54) is 5.56 Å². The van der Waals surface area contributed by atoms with E-state index >= 15 is 0 Å². The van der Waals surface area contributed by atoms with Gasteiger partial charge in [-0.3, -0.25) is 0 Å². The maximum absolute atomic E-state index is 5.53. The standard InChI is InChI=1S/C17H16N4/c1-12-7-9-14(10-8-12)17-19-15(11-16(20-17)21-18)13-5-3-2-4-6-13/h2-11H,18H2,1H3,(H,19,20,21). The van der Waals surface area contributed by atoms with Gasteiger partial charge < -0.3 is 5.43 Å². The maximum Gasteiger partial charge on any atom is 0.162 e. The first kappa shape index (κ1) is 13.3. The summed E-state index contributed by atoms with van der Waals surface area (Å²) in [5.41, 5.74) is 6.65. The molecular formula is C17H16N4. The van der Waals surface area contributed by atoms with Gasteiger partial charge in [0, 0.05) is 17.2 Å². The first-order chi connectivity index (χ1) is 10.3. The Morgan fingerprint density at radius 2 is 1.57 bits per heavy atom. The van der Waals surface area contributed by atoms with Crippen LogP contribution in [0.15, 0.2) is 60.7 Å². The largest absolute Gasteiger partial charge is 0.308 e. The van der Waals surface area contributed by atoms with E-state index in [1.807, 2.05) is 60.7 Å². The van der Waals surface area contributed by atoms with Gasteiger partial charge in [0.1, 0.15) is 5.82 Å². The van der Waals surface area contributed by atoms with Crippen molar-refractivity contribution in [2.24, 2.45) is 5.84 Å².